The van der Waals surface area contributed by atoms with Crippen molar-refractivity contribution >= 4 is 5.91 Å². The van der Waals surface area contributed by atoms with Gasteiger partial charge >= 0.3 is 0 Å². The van der Waals surface area contributed by atoms with Gasteiger partial charge in [0, 0.05) is 18.1 Å². The fraction of sp³-hybridized carbons (Fsp3) is 0.611. The van der Waals surface area contributed by atoms with Gasteiger partial charge in [-0.2, -0.15) is 0 Å². The number of rotatable bonds is 6. The largest absolute Gasteiger partial charge is 0.332 e. The van der Waals surface area contributed by atoms with E-state index < -0.39 is 0 Å². The lowest BCUT2D eigenvalue weighted by Crippen LogP contribution is -2.49. The molecule has 0 N–H and O–H groups in total. The Hall–Kier alpha value is -1.35. The average Bonchev–Trinajstić information content (AvgIpc) is 3.26. The number of amides is 1. The van der Waals surface area contributed by atoms with Crippen LogP contribution in [0.15, 0.2) is 30.3 Å². The number of hydrogen-bond donors (Lipinski definition) is 0. The summed E-state index contributed by atoms with van der Waals surface area (Å²) < 4.78 is 0. The zero-order valence-electron chi connectivity index (χ0n) is 13.8. The van der Waals surface area contributed by atoms with Crippen LogP contribution >= 0.6 is 0 Å². The van der Waals surface area contributed by atoms with Crippen LogP contribution in [-0.4, -0.2) is 40.4 Å². The minimum Gasteiger partial charge on any atom is -0.332 e. The highest BCUT2D eigenvalue weighted by Crippen LogP contribution is 2.27. The summed E-state index contributed by atoms with van der Waals surface area (Å²) in [6.45, 7) is 10.7. The summed E-state index contributed by atoms with van der Waals surface area (Å²) in [7, 11) is 0. The minimum absolute atomic E-state index is 0.157. The van der Waals surface area contributed by atoms with Gasteiger partial charge in [-0.05, 0) is 45.7 Å². The summed E-state index contributed by atoms with van der Waals surface area (Å²) in [6, 6.07) is 10.9. The molecule has 1 amide bonds. The highest BCUT2D eigenvalue weighted by molar-refractivity contribution is 5.79. The van der Waals surface area contributed by atoms with E-state index in [0.29, 0.717) is 19.1 Å². The first-order valence-corrected chi connectivity index (χ1v) is 8.00. The first-order chi connectivity index (χ1) is 9.91. The summed E-state index contributed by atoms with van der Waals surface area (Å²) >= 11 is 0. The van der Waals surface area contributed by atoms with Gasteiger partial charge in [-0.15, -0.1) is 0 Å². The second-order valence-corrected chi connectivity index (χ2v) is 6.93. The van der Waals surface area contributed by atoms with Gasteiger partial charge in [0.2, 0.25) is 5.91 Å². The van der Waals surface area contributed by atoms with E-state index in [1.54, 1.807) is 0 Å². The zero-order valence-corrected chi connectivity index (χ0v) is 13.8. The predicted molar refractivity (Wildman–Crippen MR) is 87.0 cm³/mol. The third-order valence-corrected chi connectivity index (χ3v) is 4.10. The van der Waals surface area contributed by atoms with Gasteiger partial charge < -0.3 is 4.90 Å². The van der Waals surface area contributed by atoms with Crippen LogP contribution in [-0.2, 0) is 11.3 Å². The Bertz CT molecular complexity index is 460. The molecular formula is C18H28N2O. The zero-order chi connectivity index (χ0) is 15.5. The molecule has 0 bridgehead atoms. The van der Waals surface area contributed by atoms with Gasteiger partial charge in [0.1, 0.15) is 0 Å². The normalized spacial score (nSPS) is 15.3. The fourth-order valence-electron chi connectivity index (χ4n) is 2.66. The first kappa shape index (κ1) is 16.0. The van der Waals surface area contributed by atoms with Crippen LogP contribution in [0.2, 0.25) is 0 Å². The van der Waals surface area contributed by atoms with E-state index in [-0.39, 0.29) is 11.4 Å². The number of carbonyl (C=O) groups is 1. The maximum atomic E-state index is 12.8. The van der Waals surface area contributed by atoms with Crippen molar-refractivity contribution in [2.24, 2.45) is 0 Å². The molecule has 3 heteroatoms. The molecule has 0 unspecified atom stereocenters. The van der Waals surface area contributed by atoms with Crippen molar-refractivity contribution in [1.82, 2.24) is 9.80 Å². The van der Waals surface area contributed by atoms with Crippen LogP contribution in [0.1, 0.15) is 46.1 Å². The van der Waals surface area contributed by atoms with Crippen molar-refractivity contribution in [3.05, 3.63) is 35.9 Å². The monoisotopic (exact) mass is 288 g/mol. The Balaban J connectivity index is 2.06. The molecule has 0 saturated heterocycles. The van der Waals surface area contributed by atoms with E-state index in [1.807, 2.05) is 23.1 Å². The van der Waals surface area contributed by atoms with Gasteiger partial charge in [0.05, 0.1) is 6.54 Å². The van der Waals surface area contributed by atoms with Crippen LogP contribution in [0.3, 0.4) is 0 Å². The summed E-state index contributed by atoms with van der Waals surface area (Å²) in [5.41, 5.74) is 1.03. The molecule has 0 aromatic heterocycles. The van der Waals surface area contributed by atoms with Gasteiger partial charge in [0.15, 0.2) is 0 Å². The Morgan fingerprint density at radius 3 is 2.29 bits per heavy atom. The van der Waals surface area contributed by atoms with Gasteiger partial charge in [-0.3, -0.25) is 9.69 Å². The van der Waals surface area contributed by atoms with Crippen molar-refractivity contribution < 1.29 is 4.79 Å². The summed E-state index contributed by atoms with van der Waals surface area (Å²) in [6.07, 6.45) is 2.49. The molecule has 21 heavy (non-hydrogen) atoms. The number of likely N-dealkylation sites (N-methyl/N-ethyl adjacent to an activating group) is 1. The Labute approximate surface area is 128 Å². The SMILES string of the molecule is CCN(CC(=O)N(Cc1ccccc1)C(C)(C)C)C1CC1. The van der Waals surface area contributed by atoms with E-state index in [1.165, 1.54) is 18.4 Å². The molecule has 0 spiro atoms. The predicted octanol–water partition coefficient (Wildman–Crippen LogP) is 3.30. The molecule has 1 saturated carbocycles. The Morgan fingerprint density at radius 2 is 1.81 bits per heavy atom. The van der Waals surface area contributed by atoms with Crippen molar-refractivity contribution in [3.63, 3.8) is 0 Å². The van der Waals surface area contributed by atoms with Crippen molar-refractivity contribution in [3.8, 4) is 0 Å². The molecule has 116 valence electrons. The summed E-state index contributed by atoms with van der Waals surface area (Å²) in [4.78, 5) is 17.1. The lowest BCUT2D eigenvalue weighted by molar-refractivity contribution is -0.138. The van der Waals surface area contributed by atoms with E-state index >= 15 is 0 Å². The number of benzene rings is 1. The Kier molecular flexibility index (Phi) is 5.04. The highest BCUT2D eigenvalue weighted by atomic mass is 16.2. The van der Waals surface area contributed by atoms with Crippen molar-refractivity contribution in [2.45, 2.75) is 58.7 Å². The van der Waals surface area contributed by atoms with Crippen LogP contribution in [0.5, 0.6) is 0 Å². The molecule has 0 atom stereocenters. The second kappa shape index (κ2) is 6.61. The molecule has 1 aromatic carbocycles. The van der Waals surface area contributed by atoms with E-state index in [0.717, 1.165) is 6.54 Å². The van der Waals surface area contributed by atoms with E-state index in [9.17, 15) is 4.79 Å². The summed E-state index contributed by atoms with van der Waals surface area (Å²) in [5, 5.41) is 0. The number of nitrogens with zero attached hydrogens (tertiary/aromatic N) is 2. The second-order valence-electron chi connectivity index (χ2n) is 6.93. The van der Waals surface area contributed by atoms with Gasteiger partial charge in [-0.1, -0.05) is 37.3 Å². The van der Waals surface area contributed by atoms with Crippen LogP contribution in [0, 0.1) is 0 Å². The topological polar surface area (TPSA) is 23.6 Å². The van der Waals surface area contributed by atoms with Crippen LogP contribution in [0.4, 0.5) is 0 Å². The number of hydrogen-bond acceptors (Lipinski definition) is 2. The van der Waals surface area contributed by atoms with E-state index in [2.05, 4.69) is 44.7 Å². The molecule has 2 rings (SSSR count). The molecule has 1 aliphatic rings. The standard InChI is InChI=1S/C18H28N2O/c1-5-19(16-11-12-16)14-17(21)20(18(2,3)4)13-15-9-7-6-8-10-15/h6-10,16H,5,11-14H2,1-4H3. The lowest BCUT2D eigenvalue weighted by Gasteiger charge is -2.37. The Morgan fingerprint density at radius 1 is 1.19 bits per heavy atom. The first-order valence-electron chi connectivity index (χ1n) is 8.00. The molecule has 0 radical (unpaired) electrons. The number of carbonyl (C=O) groups excluding carboxylic acids is 1. The molecule has 0 heterocycles. The third kappa shape index (κ3) is 4.57. The lowest BCUT2D eigenvalue weighted by atomic mass is 10.0. The maximum absolute atomic E-state index is 12.8. The fourth-order valence-corrected chi connectivity index (χ4v) is 2.66. The molecule has 0 aliphatic heterocycles. The third-order valence-electron chi connectivity index (χ3n) is 4.10. The van der Waals surface area contributed by atoms with Crippen LogP contribution in [0.25, 0.3) is 0 Å². The minimum atomic E-state index is -0.157. The quantitative estimate of drug-likeness (QED) is 0.802. The van der Waals surface area contributed by atoms with Crippen molar-refractivity contribution in [2.75, 3.05) is 13.1 Å². The van der Waals surface area contributed by atoms with Crippen molar-refractivity contribution in [1.29, 1.82) is 0 Å². The maximum Gasteiger partial charge on any atom is 0.237 e. The van der Waals surface area contributed by atoms with Crippen LogP contribution < -0.4 is 0 Å². The smallest absolute Gasteiger partial charge is 0.237 e. The highest BCUT2D eigenvalue weighted by Gasteiger charge is 2.32. The molecular weight excluding hydrogens is 260 g/mol. The molecule has 1 fully saturated rings. The molecule has 1 aromatic rings. The molecule has 3 nitrogen and oxygen atoms in total. The van der Waals surface area contributed by atoms with E-state index in [4.69, 9.17) is 0 Å². The summed E-state index contributed by atoms with van der Waals surface area (Å²) in [5.74, 6) is 0.236. The van der Waals surface area contributed by atoms with Gasteiger partial charge in [0.25, 0.3) is 0 Å². The molecule has 1 aliphatic carbocycles. The average molecular weight is 288 g/mol. The van der Waals surface area contributed by atoms with Gasteiger partial charge in [-0.25, -0.2) is 0 Å².